The Balaban J connectivity index is 1.17. The minimum absolute atomic E-state index is 0.0744. The lowest BCUT2D eigenvalue weighted by atomic mass is 10.1. The molecule has 1 aliphatic heterocycles. The number of carbonyl (C=O) groups is 1. The van der Waals surface area contributed by atoms with Crippen LogP contribution in [0.5, 0.6) is 0 Å². The Morgan fingerprint density at radius 3 is 2.30 bits per heavy atom. The lowest BCUT2D eigenvalue weighted by Gasteiger charge is -2.34. The molecule has 3 aromatic carbocycles. The number of para-hydroxylation sites is 1. The highest BCUT2D eigenvalue weighted by atomic mass is 35.5. The summed E-state index contributed by atoms with van der Waals surface area (Å²) < 4.78 is 2.29. The molecule has 0 radical (unpaired) electrons. The summed E-state index contributed by atoms with van der Waals surface area (Å²) in [6.45, 7) is 10.1. The average molecular weight is 578 g/mol. The fraction of sp³-hybridized carbons (Fsp3) is 0.364. The molecule has 0 atom stereocenters. The molecule has 5 nitrogen and oxygen atoms in total. The van der Waals surface area contributed by atoms with Gasteiger partial charge in [-0.3, -0.25) is 4.79 Å². The van der Waals surface area contributed by atoms with Crippen LogP contribution in [0.1, 0.15) is 40.4 Å². The van der Waals surface area contributed by atoms with Crippen LogP contribution in [0.15, 0.2) is 72.9 Å². The fourth-order valence-corrected chi connectivity index (χ4v) is 5.96. The van der Waals surface area contributed by atoms with E-state index in [1.807, 2.05) is 12.3 Å². The molecule has 1 fully saturated rings. The standard InChI is InChI=1S/C33H38Cl2N4O/c1-2-27-10-6-11-28-29(33(40)36-23-26-12-13-30(34)31(35)22-26)24-39(32(27)28)16-7-15-37-18-20-38(21-19-37)17-14-25-8-4-3-5-9-25/h3-6,8-13,22,24H,2,7,14-21,23H2,1H3,(H,36,40). The Kier molecular flexibility index (Phi) is 9.82. The van der Waals surface area contributed by atoms with E-state index in [2.05, 4.69) is 75.1 Å². The van der Waals surface area contributed by atoms with Gasteiger partial charge in [0.1, 0.15) is 0 Å². The van der Waals surface area contributed by atoms with Crippen molar-refractivity contribution in [1.82, 2.24) is 19.7 Å². The summed E-state index contributed by atoms with van der Waals surface area (Å²) in [6, 6.07) is 22.5. The van der Waals surface area contributed by atoms with Crippen molar-refractivity contribution in [2.45, 2.75) is 39.3 Å². The van der Waals surface area contributed by atoms with E-state index in [9.17, 15) is 4.79 Å². The summed E-state index contributed by atoms with van der Waals surface area (Å²) in [4.78, 5) is 18.5. The predicted molar refractivity (Wildman–Crippen MR) is 167 cm³/mol. The molecule has 7 heteroatoms. The van der Waals surface area contributed by atoms with E-state index in [1.54, 1.807) is 12.1 Å². The number of hydrogen-bond donors (Lipinski definition) is 1. The van der Waals surface area contributed by atoms with Gasteiger partial charge in [0.15, 0.2) is 0 Å². The minimum atomic E-state index is -0.0744. The Labute approximate surface area is 247 Å². The molecule has 0 unspecified atom stereocenters. The fourth-order valence-electron chi connectivity index (χ4n) is 5.64. The summed E-state index contributed by atoms with van der Waals surface area (Å²) in [5.74, 6) is -0.0744. The maximum atomic E-state index is 13.3. The number of nitrogens with zero attached hydrogens (tertiary/aromatic N) is 3. The van der Waals surface area contributed by atoms with E-state index in [0.29, 0.717) is 16.6 Å². The van der Waals surface area contributed by atoms with Crippen LogP contribution in [-0.2, 0) is 25.9 Å². The quantitative estimate of drug-likeness (QED) is 0.216. The highest BCUT2D eigenvalue weighted by Gasteiger charge is 2.19. The van der Waals surface area contributed by atoms with Crippen molar-refractivity contribution in [1.29, 1.82) is 0 Å². The molecular weight excluding hydrogens is 539 g/mol. The van der Waals surface area contributed by atoms with Crippen LogP contribution in [0.2, 0.25) is 10.0 Å². The van der Waals surface area contributed by atoms with Crippen molar-refractivity contribution in [2.24, 2.45) is 0 Å². The normalized spacial score (nSPS) is 14.6. The Morgan fingerprint density at radius 2 is 1.57 bits per heavy atom. The lowest BCUT2D eigenvalue weighted by molar-refractivity contribution is 0.0952. The van der Waals surface area contributed by atoms with Crippen LogP contribution in [-0.4, -0.2) is 59.5 Å². The lowest BCUT2D eigenvalue weighted by Crippen LogP contribution is -2.47. The number of halogens is 2. The van der Waals surface area contributed by atoms with Gasteiger partial charge in [-0.05, 0) is 54.6 Å². The van der Waals surface area contributed by atoms with Gasteiger partial charge in [0.2, 0.25) is 0 Å². The van der Waals surface area contributed by atoms with Crippen molar-refractivity contribution in [3.05, 3.63) is 105 Å². The molecule has 0 spiro atoms. The summed E-state index contributed by atoms with van der Waals surface area (Å²) in [5, 5.41) is 5.09. The summed E-state index contributed by atoms with van der Waals surface area (Å²) >= 11 is 12.2. The van der Waals surface area contributed by atoms with Crippen molar-refractivity contribution in [3.8, 4) is 0 Å². The third-order valence-corrected chi connectivity index (χ3v) is 8.68. The van der Waals surface area contributed by atoms with E-state index >= 15 is 0 Å². The molecule has 1 N–H and O–H groups in total. The van der Waals surface area contributed by atoms with Crippen molar-refractivity contribution < 1.29 is 4.79 Å². The maximum absolute atomic E-state index is 13.3. The number of rotatable bonds is 11. The van der Waals surface area contributed by atoms with E-state index in [1.165, 1.54) is 16.6 Å². The van der Waals surface area contributed by atoms with Gasteiger partial charge in [0, 0.05) is 57.4 Å². The Hall–Kier alpha value is -2.83. The van der Waals surface area contributed by atoms with E-state index < -0.39 is 0 Å². The van der Waals surface area contributed by atoms with Crippen LogP contribution >= 0.6 is 23.2 Å². The molecule has 0 bridgehead atoms. The molecule has 0 saturated carbocycles. The van der Waals surface area contributed by atoms with Gasteiger partial charge in [-0.1, -0.05) is 84.7 Å². The Bertz CT molecular complexity index is 1430. The number of fused-ring (bicyclic) bond motifs is 1. The average Bonchev–Trinajstić information content (AvgIpc) is 3.36. The molecular formula is C33H38Cl2N4O. The number of carbonyl (C=O) groups excluding carboxylic acids is 1. The van der Waals surface area contributed by atoms with Gasteiger partial charge in [-0.2, -0.15) is 0 Å². The SMILES string of the molecule is CCc1cccc2c(C(=O)NCc3ccc(Cl)c(Cl)c3)cn(CCCN3CCN(CCc4ccccc4)CC3)c12. The van der Waals surface area contributed by atoms with Gasteiger partial charge >= 0.3 is 0 Å². The van der Waals surface area contributed by atoms with E-state index in [4.69, 9.17) is 23.2 Å². The molecule has 210 valence electrons. The number of aromatic nitrogens is 1. The largest absolute Gasteiger partial charge is 0.348 e. The second kappa shape index (κ2) is 13.7. The smallest absolute Gasteiger partial charge is 0.253 e. The van der Waals surface area contributed by atoms with Crippen LogP contribution < -0.4 is 5.32 Å². The van der Waals surface area contributed by atoms with Crippen LogP contribution in [0.4, 0.5) is 0 Å². The zero-order chi connectivity index (χ0) is 27.9. The van der Waals surface area contributed by atoms with Crippen molar-refractivity contribution >= 4 is 40.0 Å². The number of nitrogens with one attached hydrogen (secondary N) is 1. The molecule has 1 saturated heterocycles. The summed E-state index contributed by atoms with van der Waals surface area (Å²) in [6.07, 6.45) is 5.13. The first-order valence-electron chi connectivity index (χ1n) is 14.3. The summed E-state index contributed by atoms with van der Waals surface area (Å²) in [5.41, 5.74) is 5.50. The van der Waals surface area contributed by atoms with Gasteiger partial charge < -0.3 is 19.7 Å². The number of hydrogen-bond acceptors (Lipinski definition) is 3. The minimum Gasteiger partial charge on any atom is -0.348 e. The third-order valence-electron chi connectivity index (χ3n) is 7.94. The number of benzene rings is 3. The molecule has 1 amide bonds. The van der Waals surface area contributed by atoms with Crippen molar-refractivity contribution in [2.75, 3.05) is 39.3 Å². The second-order valence-electron chi connectivity index (χ2n) is 10.6. The Morgan fingerprint density at radius 1 is 0.825 bits per heavy atom. The first-order chi connectivity index (χ1) is 19.5. The predicted octanol–water partition coefficient (Wildman–Crippen LogP) is 6.69. The zero-order valence-corrected chi connectivity index (χ0v) is 24.7. The van der Waals surface area contributed by atoms with E-state index in [0.717, 1.165) is 81.6 Å². The molecule has 1 aromatic heterocycles. The second-order valence-corrected chi connectivity index (χ2v) is 11.4. The number of amides is 1. The first-order valence-corrected chi connectivity index (χ1v) is 15.1. The van der Waals surface area contributed by atoms with Crippen LogP contribution in [0.3, 0.4) is 0 Å². The maximum Gasteiger partial charge on any atom is 0.253 e. The number of piperazine rings is 1. The van der Waals surface area contributed by atoms with E-state index in [-0.39, 0.29) is 5.91 Å². The summed E-state index contributed by atoms with van der Waals surface area (Å²) in [7, 11) is 0. The topological polar surface area (TPSA) is 40.5 Å². The van der Waals surface area contributed by atoms with Gasteiger partial charge in [-0.15, -0.1) is 0 Å². The highest BCUT2D eigenvalue weighted by molar-refractivity contribution is 6.42. The van der Waals surface area contributed by atoms with Crippen LogP contribution in [0, 0.1) is 0 Å². The molecule has 0 aliphatic carbocycles. The zero-order valence-electron chi connectivity index (χ0n) is 23.2. The van der Waals surface area contributed by atoms with Gasteiger partial charge in [0.05, 0.1) is 21.1 Å². The molecule has 40 heavy (non-hydrogen) atoms. The van der Waals surface area contributed by atoms with Gasteiger partial charge in [0.25, 0.3) is 5.91 Å². The third kappa shape index (κ3) is 7.08. The molecule has 1 aliphatic rings. The first kappa shape index (κ1) is 28.7. The van der Waals surface area contributed by atoms with Gasteiger partial charge in [-0.25, -0.2) is 0 Å². The van der Waals surface area contributed by atoms with Crippen molar-refractivity contribution in [3.63, 3.8) is 0 Å². The molecule has 5 rings (SSSR count). The molecule has 4 aromatic rings. The highest BCUT2D eigenvalue weighted by Crippen LogP contribution is 2.27. The molecule has 2 heterocycles. The van der Waals surface area contributed by atoms with Crippen LogP contribution in [0.25, 0.3) is 10.9 Å². The monoisotopic (exact) mass is 576 g/mol. The number of aryl methyl sites for hydroxylation is 2.